The molecule has 0 spiro atoms. The van der Waals surface area contributed by atoms with E-state index in [1.807, 2.05) is 48.5 Å². The van der Waals surface area contributed by atoms with Crippen LogP contribution in [-0.4, -0.2) is 14.7 Å². The van der Waals surface area contributed by atoms with Crippen LogP contribution in [0.3, 0.4) is 0 Å². The molecule has 4 nitrogen and oxygen atoms in total. The molecule has 0 bridgehead atoms. The summed E-state index contributed by atoms with van der Waals surface area (Å²) >= 11 is 6.34. The highest BCUT2D eigenvalue weighted by Gasteiger charge is 2.22. The van der Waals surface area contributed by atoms with Crippen molar-refractivity contribution in [2.75, 3.05) is 0 Å². The van der Waals surface area contributed by atoms with Crippen molar-refractivity contribution < 1.29 is 5.11 Å². The maximum absolute atomic E-state index is 10.5. The van der Waals surface area contributed by atoms with Gasteiger partial charge in [-0.15, -0.1) is 11.6 Å². The van der Waals surface area contributed by atoms with Gasteiger partial charge in [-0.3, -0.25) is 0 Å². The Bertz CT molecular complexity index is 922. The molecule has 3 rings (SSSR count). The fourth-order valence-electron chi connectivity index (χ4n) is 2.50. The smallest absolute Gasteiger partial charge is 0.155 e. The van der Waals surface area contributed by atoms with E-state index in [-0.39, 0.29) is 11.3 Å². The molecule has 0 radical (unpaired) electrons. The number of nitriles is 1. The SMILES string of the molecule is Cn1c(/C(C#N)=C(\O)[C@@H](Cl)c2ccccc2)nc2ccccc21. The van der Waals surface area contributed by atoms with E-state index in [1.165, 1.54) is 0 Å². The molecule has 0 unspecified atom stereocenters. The number of halogens is 1. The summed E-state index contributed by atoms with van der Waals surface area (Å²) in [4.78, 5) is 4.44. The minimum atomic E-state index is -0.800. The summed E-state index contributed by atoms with van der Waals surface area (Å²) in [6.45, 7) is 0. The Hall–Kier alpha value is -2.77. The van der Waals surface area contributed by atoms with Gasteiger partial charge in [-0.1, -0.05) is 42.5 Å². The molecular weight excluding hydrogens is 310 g/mol. The minimum absolute atomic E-state index is 0.0764. The Labute approximate surface area is 138 Å². The van der Waals surface area contributed by atoms with Gasteiger partial charge in [-0.2, -0.15) is 5.26 Å². The number of fused-ring (bicyclic) bond motifs is 1. The number of aromatic nitrogens is 2. The molecule has 2 aromatic carbocycles. The normalized spacial score (nSPS) is 13.4. The van der Waals surface area contributed by atoms with E-state index in [0.29, 0.717) is 5.82 Å². The lowest BCUT2D eigenvalue weighted by Crippen LogP contribution is -2.03. The predicted octanol–water partition coefficient (Wildman–Crippen LogP) is 4.35. The van der Waals surface area contributed by atoms with E-state index >= 15 is 0 Å². The van der Waals surface area contributed by atoms with Crippen molar-refractivity contribution in [1.82, 2.24) is 9.55 Å². The first-order chi connectivity index (χ1) is 11.1. The molecule has 0 aliphatic rings. The lowest BCUT2D eigenvalue weighted by molar-refractivity contribution is 0.397. The first kappa shape index (κ1) is 15.1. The molecule has 23 heavy (non-hydrogen) atoms. The van der Waals surface area contributed by atoms with Crippen LogP contribution in [0.25, 0.3) is 16.6 Å². The zero-order chi connectivity index (χ0) is 16.4. The molecule has 1 N–H and O–H groups in total. The molecule has 0 amide bonds. The molecular formula is C18H14ClN3O. The number of aryl methyl sites for hydroxylation is 1. The number of rotatable bonds is 3. The van der Waals surface area contributed by atoms with Crippen LogP contribution < -0.4 is 0 Å². The Morgan fingerprint density at radius 1 is 1.17 bits per heavy atom. The Morgan fingerprint density at radius 2 is 1.83 bits per heavy atom. The first-order valence-corrected chi connectivity index (χ1v) is 7.51. The maximum Gasteiger partial charge on any atom is 0.155 e. The summed E-state index contributed by atoms with van der Waals surface area (Å²) < 4.78 is 1.78. The van der Waals surface area contributed by atoms with Crippen LogP contribution in [0.2, 0.25) is 0 Å². The summed E-state index contributed by atoms with van der Waals surface area (Å²) in [6, 6.07) is 18.7. The van der Waals surface area contributed by atoms with Crippen LogP contribution in [0, 0.1) is 11.3 Å². The summed E-state index contributed by atoms with van der Waals surface area (Å²) in [5.74, 6) is 0.201. The second-order valence-electron chi connectivity index (χ2n) is 5.13. The van der Waals surface area contributed by atoms with E-state index in [4.69, 9.17) is 11.6 Å². The van der Waals surface area contributed by atoms with Gasteiger partial charge in [0.05, 0.1) is 11.0 Å². The van der Waals surface area contributed by atoms with Gasteiger partial charge in [0.25, 0.3) is 0 Å². The fraction of sp³-hybridized carbons (Fsp3) is 0.111. The van der Waals surface area contributed by atoms with Gasteiger partial charge < -0.3 is 9.67 Å². The van der Waals surface area contributed by atoms with Crippen LogP contribution in [0.4, 0.5) is 0 Å². The average molecular weight is 324 g/mol. The number of para-hydroxylation sites is 2. The molecule has 1 atom stereocenters. The van der Waals surface area contributed by atoms with Crippen molar-refractivity contribution in [3.05, 3.63) is 71.7 Å². The maximum atomic E-state index is 10.5. The predicted molar refractivity (Wildman–Crippen MR) is 90.9 cm³/mol. The number of hydrogen-bond donors (Lipinski definition) is 1. The molecule has 1 aromatic heterocycles. The molecule has 1 heterocycles. The van der Waals surface area contributed by atoms with Crippen LogP contribution in [0.5, 0.6) is 0 Å². The lowest BCUT2D eigenvalue weighted by Gasteiger charge is -2.11. The van der Waals surface area contributed by atoms with Crippen molar-refractivity contribution in [2.24, 2.45) is 7.05 Å². The van der Waals surface area contributed by atoms with Gasteiger partial charge in [0, 0.05) is 7.05 Å². The zero-order valence-corrected chi connectivity index (χ0v) is 13.2. The second kappa shape index (κ2) is 6.15. The van der Waals surface area contributed by atoms with Gasteiger partial charge in [0.2, 0.25) is 0 Å². The number of allylic oxidation sites excluding steroid dienone is 2. The van der Waals surface area contributed by atoms with E-state index in [0.717, 1.165) is 16.6 Å². The van der Waals surface area contributed by atoms with Crippen LogP contribution >= 0.6 is 11.6 Å². The van der Waals surface area contributed by atoms with Crippen LogP contribution in [0.1, 0.15) is 16.8 Å². The summed E-state index contributed by atoms with van der Waals surface area (Å²) in [5.41, 5.74) is 2.44. The Kier molecular flexibility index (Phi) is 4.05. The van der Waals surface area contributed by atoms with Crippen molar-refractivity contribution in [3.63, 3.8) is 0 Å². The van der Waals surface area contributed by atoms with Crippen molar-refractivity contribution in [3.8, 4) is 6.07 Å². The van der Waals surface area contributed by atoms with E-state index in [2.05, 4.69) is 4.98 Å². The van der Waals surface area contributed by atoms with E-state index in [9.17, 15) is 10.4 Å². The molecule has 114 valence electrons. The largest absolute Gasteiger partial charge is 0.509 e. The Morgan fingerprint density at radius 3 is 2.48 bits per heavy atom. The lowest BCUT2D eigenvalue weighted by atomic mass is 10.1. The molecule has 5 heteroatoms. The third-order valence-corrected chi connectivity index (χ3v) is 4.17. The highest BCUT2D eigenvalue weighted by Crippen LogP contribution is 2.32. The summed E-state index contributed by atoms with van der Waals surface area (Å²) in [7, 11) is 1.81. The van der Waals surface area contributed by atoms with Gasteiger partial charge in [0.1, 0.15) is 22.8 Å². The number of hydrogen-bond acceptors (Lipinski definition) is 3. The monoisotopic (exact) mass is 323 g/mol. The average Bonchev–Trinajstić information content (AvgIpc) is 2.93. The number of aliphatic hydroxyl groups is 1. The van der Waals surface area contributed by atoms with Crippen molar-refractivity contribution in [1.29, 1.82) is 5.26 Å². The minimum Gasteiger partial charge on any atom is -0.509 e. The summed E-state index contributed by atoms with van der Waals surface area (Å²) in [6.07, 6.45) is 0. The molecule has 0 fully saturated rings. The standard InChI is InChI=1S/C18H14ClN3O/c1-22-15-10-6-5-9-14(15)21-18(22)13(11-20)17(23)16(19)12-7-3-2-4-8-12/h2-10,16,23H,1H3/b17-13-/t16-/m0/s1. The van der Waals surface area contributed by atoms with Gasteiger partial charge in [-0.25, -0.2) is 4.98 Å². The third kappa shape index (κ3) is 2.67. The topological polar surface area (TPSA) is 61.8 Å². The van der Waals surface area contributed by atoms with Crippen molar-refractivity contribution in [2.45, 2.75) is 5.38 Å². The number of nitrogens with zero attached hydrogens (tertiary/aromatic N) is 3. The van der Waals surface area contributed by atoms with Crippen LogP contribution in [-0.2, 0) is 7.05 Å². The molecule has 0 saturated carbocycles. The van der Waals surface area contributed by atoms with Crippen molar-refractivity contribution >= 4 is 28.2 Å². The zero-order valence-electron chi connectivity index (χ0n) is 12.4. The number of benzene rings is 2. The quantitative estimate of drug-likeness (QED) is 0.443. The number of imidazole rings is 1. The molecule has 3 aromatic rings. The van der Waals surface area contributed by atoms with E-state index in [1.54, 1.807) is 23.7 Å². The van der Waals surface area contributed by atoms with E-state index < -0.39 is 5.38 Å². The van der Waals surface area contributed by atoms with Gasteiger partial charge in [-0.05, 0) is 17.7 Å². The Balaban J connectivity index is 2.14. The third-order valence-electron chi connectivity index (χ3n) is 3.71. The number of alkyl halides is 1. The molecule has 0 saturated heterocycles. The summed E-state index contributed by atoms with van der Waals surface area (Å²) in [5, 5.41) is 19.2. The van der Waals surface area contributed by atoms with Gasteiger partial charge >= 0.3 is 0 Å². The first-order valence-electron chi connectivity index (χ1n) is 7.07. The molecule has 0 aliphatic carbocycles. The highest BCUT2D eigenvalue weighted by atomic mass is 35.5. The molecule has 0 aliphatic heterocycles. The second-order valence-corrected chi connectivity index (χ2v) is 5.56. The van der Waals surface area contributed by atoms with Crippen LogP contribution in [0.15, 0.2) is 60.4 Å². The highest BCUT2D eigenvalue weighted by molar-refractivity contribution is 6.23. The van der Waals surface area contributed by atoms with Gasteiger partial charge in [0.15, 0.2) is 5.82 Å². The number of aliphatic hydroxyl groups excluding tert-OH is 1. The fourth-order valence-corrected chi connectivity index (χ4v) is 2.75.